The fourth-order valence-electron chi connectivity index (χ4n) is 3.58. The molecule has 7 nitrogen and oxygen atoms in total. The number of ether oxygens (including phenoxy) is 1. The fraction of sp³-hybridized carbons (Fsp3) is 0.227. The van der Waals surface area contributed by atoms with Gasteiger partial charge in [0.05, 0.1) is 13.3 Å². The Morgan fingerprint density at radius 1 is 1.14 bits per heavy atom. The van der Waals surface area contributed by atoms with Gasteiger partial charge < -0.3 is 14.6 Å². The summed E-state index contributed by atoms with van der Waals surface area (Å²) < 4.78 is 7.11. The van der Waals surface area contributed by atoms with Crippen LogP contribution in [0.15, 0.2) is 59.5 Å². The maximum Gasteiger partial charge on any atom is 0.288 e. The standard InChI is InChI=1S/C22H22N4O3/c1-29-16-10-8-15(9-11-16)13-23-20(27)7-4-12-26-19-6-3-2-5-17(19)18-14-24-25-22(28)21(18)26/h2-3,5-6,8-11,14H,4,7,12-13H2,1H3,(H,23,27)(H,25,28). The van der Waals surface area contributed by atoms with Gasteiger partial charge in [-0.1, -0.05) is 30.3 Å². The molecule has 2 aromatic heterocycles. The number of carbonyl (C=O) groups is 1. The molecule has 4 aromatic rings. The number of fused-ring (bicyclic) bond motifs is 3. The predicted molar refractivity (Wildman–Crippen MR) is 112 cm³/mol. The number of rotatable bonds is 7. The number of carbonyl (C=O) groups excluding carboxylic acids is 1. The Balaban J connectivity index is 1.41. The van der Waals surface area contributed by atoms with E-state index in [0.717, 1.165) is 27.6 Å². The first-order valence-corrected chi connectivity index (χ1v) is 9.51. The molecular weight excluding hydrogens is 368 g/mol. The number of H-pyrrole nitrogens is 1. The van der Waals surface area contributed by atoms with Crippen molar-refractivity contribution in [2.24, 2.45) is 0 Å². The lowest BCUT2D eigenvalue weighted by Crippen LogP contribution is -2.23. The summed E-state index contributed by atoms with van der Waals surface area (Å²) in [6.07, 6.45) is 2.69. The van der Waals surface area contributed by atoms with Crippen LogP contribution in [0.2, 0.25) is 0 Å². The minimum Gasteiger partial charge on any atom is -0.497 e. The molecule has 2 heterocycles. The zero-order valence-electron chi connectivity index (χ0n) is 16.1. The number of aromatic amines is 1. The highest BCUT2D eigenvalue weighted by Gasteiger charge is 2.13. The van der Waals surface area contributed by atoms with Crippen molar-refractivity contribution in [3.63, 3.8) is 0 Å². The number of hydrogen-bond acceptors (Lipinski definition) is 4. The van der Waals surface area contributed by atoms with Gasteiger partial charge in [0, 0.05) is 35.8 Å². The largest absolute Gasteiger partial charge is 0.497 e. The zero-order valence-corrected chi connectivity index (χ0v) is 16.1. The minimum absolute atomic E-state index is 0.0165. The smallest absolute Gasteiger partial charge is 0.288 e. The lowest BCUT2D eigenvalue weighted by molar-refractivity contribution is -0.121. The number of nitrogens with one attached hydrogen (secondary N) is 2. The Morgan fingerprint density at radius 2 is 1.93 bits per heavy atom. The van der Waals surface area contributed by atoms with Gasteiger partial charge >= 0.3 is 0 Å². The van der Waals surface area contributed by atoms with Gasteiger partial charge in [-0.15, -0.1) is 0 Å². The lowest BCUT2D eigenvalue weighted by atomic mass is 10.2. The monoisotopic (exact) mass is 390 g/mol. The van der Waals surface area contributed by atoms with Crippen molar-refractivity contribution < 1.29 is 9.53 Å². The number of aryl methyl sites for hydroxylation is 1. The molecule has 0 atom stereocenters. The molecule has 4 rings (SSSR count). The molecule has 0 fully saturated rings. The van der Waals surface area contributed by atoms with Crippen LogP contribution >= 0.6 is 0 Å². The van der Waals surface area contributed by atoms with Crippen molar-refractivity contribution in [2.45, 2.75) is 25.9 Å². The molecule has 7 heteroatoms. The maximum atomic E-state index is 12.3. The quantitative estimate of drug-likeness (QED) is 0.508. The highest BCUT2D eigenvalue weighted by Crippen LogP contribution is 2.26. The van der Waals surface area contributed by atoms with Crippen molar-refractivity contribution in [3.05, 3.63) is 70.6 Å². The number of benzene rings is 2. The second-order valence-corrected chi connectivity index (χ2v) is 6.86. The Morgan fingerprint density at radius 3 is 2.72 bits per heavy atom. The van der Waals surface area contributed by atoms with Crippen molar-refractivity contribution in [1.29, 1.82) is 0 Å². The minimum atomic E-state index is -0.220. The van der Waals surface area contributed by atoms with Gasteiger partial charge in [-0.2, -0.15) is 5.10 Å². The molecule has 0 aliphatic carbocycles. The molecule has 2 aromatic carbocycles. The van der Waals surface area contributed by atoms with E-state index < -0.39 is 0 Å². The summed E-state index contributed by atoms with van der Waals surface area (Å²) in [5.41, 5.74) is 2.36. The van der Waals surface area contributed by atoms with Crippen molar-refractivity contribution in [2.75, 3.05) is 7.11 Å². The van der Waals surface area contributed by atoms with Gasteiger partial charge in [-0.3, -0.25) is 9.59 Å². The normalized spacial score (nSPS) is 11.1. The van der Waals surface area contributed by atoms with Gasteiger partial charge in [-0.05, 0) is 30.2 Å². The molecule has 0 saturated heterocycles. The Bertz CT molecular complexity index is 1210. The van der Waals surface area contributed by atoms with E-state index in [1.54, 1.807) is 13.3 Å². The second kappa shape index (κ2) is 8.18. The van der Waals surface area contributed by atoms with Crippen LogP contribution in [0.25, 0.3) is 21.8 Å². The van der Waals surface area contributed by atoms with Gasteiger partial charge in [0.2, 0.25) is 5.91 Å². The Labute approximate surface area is 167 Å². The summed E-state index contributed by atoms with van der Waals surface area (Å²) in [6.45, 7) is 1.05. The van der Waals surface area contributed by atoms with Crippen LogP contribution in [0.5, 0.6) is 5.75 Å². The third-order valence-electron chi connectivity index (χ3n) is 5.02. The average Bonchev–Trinajstić information content (AvgIpc) is 3.08. The topological polar surface area (TPSA) is 89.0 Å². The van der Waals surface area contributed by atoms with Gasteiger partial charge in [0.1, 0.15) is 11.3 Å². The first-order valence-electron chi connectivity index (χ1n) is 9.51. The van der Waals surface area contributed by atoms with E-state index >= 15 is 0 Å². The van der Waals surface area contributed by atoms with E-state index in [9.17, 15) is 9.59 Å². The summed E-state index contributed by atoms with van der Waals surface area (Å²) in [4.78, 5) is 24.6. The van der Waals surface area contributed by atoms with Gasteiger partial charge in [0.15, 0.2) is 0 Å². The summed E-state index contributed by atoms with van der Waals surface area (Å²) >= 11 is 0. The van der Waals surface area contributed by atoms with Crippen LogP contribution in [0.1, 0.15) is 18.4 Å². The molecule has 2 N–H and O–H groups in total. The van der Waals surface area contributed by atoms with Crippen LogP contribution in [-0.2, 0) is 17.9 Å². The highest BCUT2D eigenvalue weighted by atomic mass is 16.5. The van der Waals surface area contributed by atoms with Crippen LogP contribution in [-0.4, -0.2) is 27.8 Å². The summed E-state index contributed by atoms with van der Waals surface area (Å²) in [5, 5.41) is 11.2. The summed E-state index contributed by atoms with van der Waals surface area (Å²) in [5.74, 6) is 0.772. The number of nitrogens with zero attached hydrogens (tertiary/aromatic N) is 2. The van der Waals surface area contributed by atoms with E-state index in [0.29, 0.717) is 31.4 Å². The van der Waals surface area contributed by atoms with Gasteiger partial charge in [-0.25, -0.2) is 5.10 Å². The number of para-hydroxylation sites is 1. The predicted octanol–water partition coefficient (Wildman–Crippen LogP) is 2.98. The molecule has 0 unspecified atom stereocenters. The summed E-state index contributed by atoms with van der Waals surface area (Å²) in [7, 11) is 1.62. The van der Waals surface area contributed by atoms with Gasteiger partial charge in [0.25, 0.3) is 5.56 Å². The zero-order chi connectivity index (χ0) is 20.2. The van der Waals surface area contributed by atoms with Crippen molar-refractivity contribution in [3.8, 4) is 5.75 Å². The number of methoxy groups -OCH3 is 1. The van der Waals surface area contributed by atoms with E-state index in [4.69, 9.17) is 4.74 Å². The summed E-state index contributed by atoms with van der Waals surface area (Å²) in [6, 6.07) is 15.5. The molecule has 0 aliphatic rings. The van der Waals surface area contributed by atoms with Crippen molar-refractivity contribution >= 4 is 27.7 Å². The third-order valence-corrected chi connectivity index (χ3v) is 5.02. The molecule has 0 spiro atoms. The molecule has 0 aliphatic heterocycles. The second-order valence-electron chi connectivity index (χ2n) is 6.86. The SMILES string of the molecule is COc1ccc(CNC(=O)CCCn2c3ccccc3c3cn[nH]c(=O)c32)cc1. The Hall–Kier alpha value is -3.61. The average molecular weight is 390 g/mol. The van der Waals surface area contributed by atoms with Crippen LogP contribution in [0.4, 0.5) is 0 Å². The van der Waals surface area contributed by atoms with E-state index in [1.807, 2.05) is 53.1 Å². The van der Waals surface area contributed by atoms with E-state index in [1.165, 1.54) is 0 Å². The van der Waals surface area contributed by atoms with E-state index in [2.05, 4.69) is 15.5 Å². The first-order chi connectivity index (χ1) is 14.2. The molecule has 0 bridgehead atoms. The fourth-order valence-corrected chi connectivity index (χ4v) is 3.58. The molecule has 148 valence electrons. The number of amides is 1. The lowest BCUT2D eigenvalue weighted by Gasteiger charge is -2.08. The molecule has 29 heavy (non-hydrogen) atoms. The van der Waals surface area contributed by atoms with Crippen LogP contribution < -0.4 is 15.6 Å². The third kappa shape index (κ3) is 3.85. The molecular formula is C22H22N4O3. The number of hydrogen-bond donors (Lipinski definition) is 2. The highest BCUT2D eigenvalue weighted by molar-refractivity contribution is 6.07. The Kier molecular flexibility index (Phi) is 5.29. The van der Waals surface area contributed by atoms with Crippen LogP contribution in [0, 0.1) is 0 Å². The van der Waals surface area contributed by atoms with Crippen molar-refractivity contribution in [1.82, 2.24) is 20.1 Å². The first kappa shape index (κ1) is 18.7. The molecule has 0 radical (unpaired) electrons. The number of aromatic nitrogens is 3. The van der Waals surface area contributed by atoms with E-state index in [-0.39, 0.29) is 11.5 Å². The maximum absolute atomic E-state index is 12.3. The molecule has 1 amide bonds. The van der Waals surface area contributed by atoms with Crippen LogP contribution in [0.3, 0.4) is 0 Å². The molecule has 0 saturated carbocycles.